The summed E-state index contributed by atoms with van der Waals surface area (Å²) in [6.07, 6.45) is 1.41. The number of carboxylic acid groups (broad SMARTS) is 1. The van der Waals surface area contributed by atoms with Gasteiger partial charge >= 0.3 is 6.16 Å². The molecule has 36 heavy (non-hydrogen) atoms. The normalized spacial score (nSPS) is 19.9. The summed E-state index contributed by atoms with van der Waals surface area (Å²) in [6.45, 7) is 5.65. The van der Waals surface area contributed by atoms with Crippen molar-refractivity contribution in [2.24, 2.45) is 5.92 Å². The molecular formula is C24H25F3N2O6S. The summed E-state index contributed by atoms with van der Waals surface area (Å²) in [5.41, 5.74) is -0.205. The van der Waals surface area contributed by atoms with E-state index >= 15 is 0 Å². The molecule has 0 unspecified atom stereocenters. The van der Waals surface area contributed by atoms with Gasteiger partial charge in [-0.2, -0.15) is 0 Å². The van der Waals surface area contributed by atoms with Crippen LogP contribution in [0.1, 0.15) is 30.9 Å². The van der Waals surface area contributed by atoms with Gasteiger partial charge in [0.2, 0.25) is 5.75 Å². The highest BCUT2D eigenvalue weighted by Crippen LogP contribution is 2.66. The average molecular weight is 527 g/mol. The number of rotatable bonds is 9. The van der Waals surface area contributed by atoms with Crippen molar-refractivity contribution in [1.29, 1.82) is 0 Å². The maximum Gasteiger partial charge on any atom is 0.511 e. The van der Waals surface area contributed by atoms with Gasteiger partial charge in [0.05, 0.1) is 29.0 Å². The van der Waals surface area contributed by atoms with E-state index in [-0.39, 0.29) is 34.1 Å². The first-order valence-corrected chi connectivity index (χ1v) is 12.8. The molecule has 1 aliphatic carbocycles. The van der Waals surface area contributed by atoms with Crippen molar-refractivity contribution in [2.75, 3.05) is 31.0 Å². The van der Waals surface area contributed by atoms with Gasteiger partial charge in [-0.25, -0.2) is 26.4 Å². The Kier molecular flexibility index (Phi) is 6.93. The maximum atomic E-state index is 14.1. The van der Waals surface area contributed by atoms with Crippen molar-refractivity contribution in [1.82, 2.24) is 4.90 Å². The molecule has 2 aliphatic rings. The van der Waals surface area contributed by atoms with E-state index in [2.05, 4.69) is 9.62 Å². The lowest BCUT2D eigenvalue weighted by molar-refractivity contribution is 0.0852. The predicted molar refractivity (Wildman–Crippen MR) is 126 cm³/mol. The Morgan fingerprint density at radius 1 is 1.28 bits per heavy atom. The molecule has 1 heterocycles. The van der Waals surface area contributed by atoms with Crippen LogP contribution in [0.5, 0.6) is 11.5 Å². The van der Waals surface area contributed by atoms with Crippen LogP contribution in [0.2, 0.25) is 0 Å². The van der Waals surface area contributed by atoms with Gasteiger partial charge < -0.3 is 19.5 Å². The predicted octanol–water partition coefficient (Wildman–Crippen LogP) is 4.78. The van der Waals surface area contributed by atoms with Gasteiger partial charge in [-0.05, 0) is 42.9 Å². The highest BCUT2D eigenvalue weighted by molar-refractivity contribution is 7.92. The standard InChI is InChI=1S/C24H25F3N2O6S/c1-3-29(4-2)11-5-6-14-12-15(25)7-10-19(14)36(32,33)28-18-9-8-16-20-17(24(20,26)27)13-34-21(16)22(18)35-23(30)31/h5-10,12,17,20,28H,3-4,11,13H2,1-2H3,(H,30,31)/b6-5-/t17-,20+/m0/s1. The molecule has 0 amide bonds. The summed E-state index contributed by atoms with van der Waals surface area (Å²) < 4.78 is 81.0. The first-order chi connectivity index (χ1) is 17.0. The van der Waals surface area contributed by atoms with E-state index in [0.717, 1.165) is 37.4 Å². The molecule has 1 aliphatic heterocycles. The first-order valence-electron chi connectivity index (χ1n) is 11.3. The minimum absolute atomic E-state index is 0.0391. The lowest BCUT2D eigenvalue weighted by atomic mass is 10.0. The van der Waals surface area contributed by atoms with Crippen LogP contribution < -0.4 is 14.2 Å². The largest absolute Gasteiger partial charge is 0.511 e. The first kappa shape index (κ1) is 25.8. The smallest absolute Gasteiger partial charge is 0.489 e. The van der Waals surface area contributed by atoms with Crippen LogP contribution in [-0.2, 0) is 10.0 Å². The third kappa shape index (κ3) is 4.87. The fourth-order valence-corrected chi connectivity index (χ4v) is 5.58. The molecule has 1 fully saturated rings. The van der Waals surface area contributed by atoms with Gasteiger partial charge in [-0.1, -0.05) is 32.1 Å². The molecule has 12 heteroatoms. The van der Waals surface area contributed by atoms with Crippen LogP contribution in [0.4, 0.5) is 23.7 Å². The number of sulfonamides is 1. The molecular weight excluding hydrogens is 501 g/mol. The fourth-order valence-electron chi connectivity index (χ4n) is 4.34. The number of alkyl halides is 2. The minimum Gasteiger partial charge on any atom is -0.489 e. The number of hydrogen-bond donors (Lipinski definition) is 2. The van der Waals surface area contributed by atoms with Crippen LogP contribution in [0.3, 0.4) is 0 Å². The lowest BCUT2D eigenvalue weighted by Gasteiger charge is -2.21. The number of nitrogens with zero attached hydrogens (tertiary/aromatic N) is 1. The van der Waals surface area contributed by atoms with Crippen LogP contribution in [-0.4, -0.2) is 56.7 Å². The molecule has 1 saturated carbocycles. The van der Waals surface area contributed by atoms with Gasteiger partial charge in [0, 0.05) is 12.1 Å². The maximum absolute atomic E-state index is 14.1. The second-order valence-corrected chi connectivity index (χ2v) is 10.1. The molecule has 0 aromatic heterocycles. The van der Waals surface area contributed by atoms with Crippen molar-refractivity contribution in [3.05, 3.63) is 53.4 Å². The quantitative estimate of drug-likeness (QED) is 0.358. The third-order valence-corrected chi connectivity index (χ3v) is 7.78. The van der Waals surface area contributed by atoms with Crippen molar-refractivity contribution in [3.8, 4) is 11.5 Å². The number of halogens is 3. The summed E-state index contributed by atoms with van der Waals surface area (Å²) in [5, 5.41) is 9.19. The zero-order chi connectivity index (χ0) is 26.3. The summed E-state index contributed by atoms with van der Waals surface area (Å²) in [4.78, 5) is 13.1. The molecule has 194 valence electrons. The number of nitrogens with one attached hydrogen (secondary N) is 1. The number of anilines is 1. The van der Waals surface area contributed by atoms with E-state index in [0.29, 0.717) is 6.54 Å². The van der Waals surface area contributed by atoms with Crippen LogP contribution in [0, 0.1) is 11.7 Å². The third-order valence-electron chi connectivity index (χ3n) is 6.34. The topological polar surface area (TPSA) is 105 Å². The molecule has 2 N–H and O–H groups in total. The molecule has 2 aromatic rings. The molecule has 0 spiro atoms. The zero-order valence-corrected chi connectivity index (χ0v) is 20.3. The number of fused-ring (bicyclic) bond motifs is 3. The van der Waals surface area contributed by atoms with E-state index in [9.17, 15) is 31.5 Å². The number of carbonyl (C=O) groups is 1. The van der Waals surface area contributed by atoms with Gasteiger partial charge in [-0.15, -0.1) is 0 Å². The Balaban J connectivity index is 1.69. The zero-order valence-electron chi connectivity index (χ0n) is 19.5. The lowest BCUT2D eigenvalue weighted by Crippen LogP contribution is -2.22. The molecule has 8 nitrogen and oxygen atoms in total. The van der Waals surface area contributed by atoms with E-state index in [4.69, 9.17) is 9.47 Å². The van der Waals surface area contributed by atoms with E-state index in [1.165, 1.54) is 12.1 Å². The van der Waals surface area contributed by atoms with Crippen molar-refractivity contribution in [3.63, 3.8) is 0 Å². The molecule has 0 radical (unpaired) electrons. The molecule has 4 rings (SSSR count). The van der Waals surface area contributed by atoms with Crippen LogP contribution in [0.15, 0.2) is 41.3 Å². The minimum atomic E-state index is -4.39. The van der Waals surface area contributed by atoms with Gasteiger partial charge in [0.1, 0.15) is 5.82 Å². The Bertz CT molecular complexity index is 1310. The van der Waals surface area contributed by atoms with Crippen molar-refractivity contribution < 1.29 is 41.0 Å². The SMILES string of the molecule is CCN(CC)C/C=C\c1cc(F)ccc1S(=O)(=O)Nc1ccc2c(c1OC(=O)O)OC[C@H]1[C@@H]2C1(F)F. The van der Waals surface area contributed by atoms with Gasteiger partial charge in [-0.3, -0.25) is 4.72 Å². The van der Waals surface area contributed by atoms with Crippen molar-refractivity contribution in [2.45, 2.75) is 30.6 Å². The number of benzene rings is 2. The van der Waals surface area contributed by atoms with Crippen molar-refractivity contribution >= 4 is 27.9 Å². The number of likely N-dealkylation sites (N-methyl/N-ethyl adjacent to an activating group) is 1. The fraction of sp³-hybridized carbons (Fsp3) is 0.375. The number of hydrogen-bond acceptors (Lipinski definition) is 6. The number of ether oxygens (including phenoxy) is 2. The van der Waals surface area contributed by atoms with Crippen LogP contribution in [0.25, 0.3) is 6.08 Å². The Morgan fingerprint density at radius 3 is 2.67 bits per heavy atom. The highest BCUT2D eigenvalue weighted by Gasteiger charge is 2.71. The Labute approximate surface area is 206 Å². The van der Waals surface area contributed by atoms with Gasteiger partial charge in [0.25, 0.3) is 15.9 Å². The second-order valence-electron chi connectivity index (χ2n) is 8.47. The monoisotopic (exact) mass is 526 g/mol. The van der Waals surface area contributed by atoms with E-state index < -0.39 is 45.5 Å². The summed E-state index contributed by atoms with van der Waals surface area (Å²) >= 11 is 0. The molecule has 2 atom stereocenters. The summed E-state index contributed by atoms with van der Waals surface area (Å²) in [7, 11) is -4.39. The Morgan fingerprint density at radius 2 is 2.00 bits per heavy atom. The van der Waals surface area contributed by atoms with Crippen LogP contribution >= 0.6 is 0 Å². The second kappa shape index (κ2) is 9.66. The van der Waals surface area contributed by atoms with E-state index in [1.807, 2.05) is 13.8 Å². The molecule has 0 saturated heterocycles. The highest BCUT2D eigenvalue weighted by atomic mass is 32.2. The average Bonchev–Trinajstić information content (AvgIpc) is 3.38. The van der Waals surface area contributed by atoms with Gasteiger partial charge in [0.15, 0.2) is 5.75 Å². The Hall–Kier alpha value is -3.25. The molecule has 2 aromatic carbocycles. The summed E-state index contributed by atoms with van der Waals surface area (Å²) in [6, 6.07) is 5.53. The molecule has 0 bridgehead atoms. The summed E-state index contributed by atoms with van der Waals surface area (Å²) in [5.74, 6) is -6.64. The van der Waals surface area contributed by atoms with E-state index in [1.54, 1.807) is 6.08 Å².